The molecule has 2 amide bonds. The summed E-state index contributed by atoms with van der Waals surface area (Å²) in [6, 6.07) is 12.0. The lowest BCUT2D eigenvalue weighted by Crippen LogP contribution is -2.28. The van der Waals surface area contributed by atoms with Gasteiger partial charge < -0.3 is 15.4 Å². The maximum atomic E-state index is 11.9. The van der Waals surface area contributed by atoms with Gasteiger partial charge in [0.2, 0.25) is 5.91 Å². The van der Waals surface area contributed by atoms with E-state index in [1.54, 1.807) is 0 Å². The van der Waals surface area contributed by atoms with E-state index in [0.717, 1.165) is 5.56 Å². The van der Waals surface area contributed by atoms with Gasteiger partial charge in [0.15, 0.2) is 6.61 Å². The minimum atomic E-state index is -0.615. The molecule has 0 aliphatic carbocycles. The SMILES string of the molecule is O=C(Cc1ccccc1)NCCC(=O)OCC(=O)Nc1cc(Cl)c(Cl)cc1Cl. The Balaban J connectivity index is 1.67. The lowest BCUT2D eigenvalue weighted by atomic mass is 10.1. The first kappa shape index (κ1) is 22.0. The van der Waals surface area contributed by atoms with E-state index >= 15 is 0 Å². The Hall–Kier alpha value is -2.28. The molecule has 0 atom stereocenters. The van der Waals surface area contributed by atoms with Gasteiger partial charge >= 0.3 is 5.97 Å². The van der Waals surface area contributed by atoms with Crippen molar-refractivity contribution < 1.29 is 19.1 Å². The highest BCUT2D eigenvalue weighted by Crippen LogP contribution is 2.32. The number of rotatable bonds is 8. The van der Waals surface area contributed by atoms with Crippen LogP contribution in [-0.4, -0.2) is 30.9 Å². The molecular weight excluding hydrogens is 427 g/mol. The highest BCUT2D eigenvalue weighted by Gasteiger charge is 2.12. The zero-order valence-corrected chi connectivity index (χ0v) is 16.9. The maximum Gasteiger partial charge on any atom is 0.308 e. The van der Waals surface area contributed by atoms with Crippen LogP contribution in [0.1, 0.15) is 12.0 Å². The summed E-state index contributed by atoms with van der Waals surface area (Å²) in [5.41, 5.74) is 1.13. The van der Waals surface area contributed by atoms with Gasteiger partial charge in [-0.2, -0.15) is 0 Å². The lowest BCUT2D eigenvalue weighted by molar-refractivity contribution is -0.147. The Labute approximate surface area is 177 Å². The van der Waals surface area contributed by atoms with E-state index in [9.17, 15) is 14.4 Å². The third kappa shape index (κ3) is 7.38. The smallest absolute Gasteiger partial charge is 0.308 e. The van der Waals surface area contributed by atoms with Crippen molar-refractivity contribution >= 4 is 58.3 Å². The number of carbonyl (C=O) groups is 3. The van der Waals surface area contributed by atoms with Crippen molar-refractivity contribution in [3.8, 4) is 0 Å². The largest absolute Gasteiger partial charge is 0.456 e. The molecule has 0 aliphatic heterocycles. The zero-order chi connectivity index (χ0) is 20.5. The van der Waals surface area contributed by atoms with Crippen LogP contribution in [0.4, 0.5) is 5.69 Å². The molecule has 9 heteroatoms. The molecule has 0 saturated heterocycles. The molecule has 0 fully saturated rings. The van der Waals surface area contributed by atoms with Crippen LogP contribution in [0.15, 0.2) is 42.5 Å². The number of hydrogen-bond donors (Lipinski definition) is 2. The maximum absolute atomic E-state index is 11.9. The Bertz CT molecular complexity index is 860. The number of ether oxygens (including phenoxy) is 1. The van der Waals surface area contributed by atoms with Crippen LogP contribution in [-0.2, 0) is 25.5 Å². The average molecular weight is 444 g/mol. The van der Waals surface area contributed by atoms with Crippen LogP contribution in [0.25, 0.3) is 0 Å². The molecule has 0 saturated carbocycles. The summed E-state index contributed by atoms with van der Waals surface area (Å²) in [6.07, 6.45) is 0.171. The van der Waals surface area contributed by atoms with Crippen molar-refractivity contribution in [1.82, 2.24) is 5.32 Å². The summed E-state index contributed by atoms with van der Waals surface area (Å²) in [5, 5.41) is 5.78. The van der Waals surface area contributed by atoms with Gasteiger partial charge in [-0.3, -0.25) is 14.4 Å². The van der Waals surface area contributed by atoms with E-state index in [2.05, 4.69) is 10.6 Å². The monoisotopic (exact) mass is 442 g/mol. The molecule has 0 aromatic heterocycles. The predicted octanol–water partition coefficient (Wildman–Crippen LogP) is 3.88. The zero-order valence-electron chi connectivity index (χ0n) is 14.6. The molecule has 0 heterocycles. The second kappa shape index (κ2) is 10.9. The van der Waals surface area contributed by atoms with Crippen LogP contribution in [0.2, 0.25) is 15.1 Å². The number of hydrogen-bond acceptors (Lipinski definition) is 4. The Morgan fingerprint density at radius 1 is 0.893 bits per heavy atom. The fraction of sp³-hybridized carbons (Fsp3) is 0.211. The van der Waals surface area contributed by atoms with Crippen molar-refractivity contribution in [3.05, 3.63) is 63.1 Å². The second-order valence-electron chi connectivity index (χ2n) is 5.72. The van der Waals surface area contributed by atoms with Gasteiger partial charge in [0.05, 0.1) is 33.6 Å². The van der Waals surface area contributed by atoms with Crippen LogP contribution in [0, 0.1) is 0 Å². The fourth-order valence-corrected chi connectivity index (χ4v) is 2.76. The molecule has 0 radical (unpaired) electrons. The Kier molecular flexibility index (Phi) is 8.57. The van der Waals surface area contributed by atoms with Crippen molar-refractivity contribution in [2.45, 2.75) is 12.8 Å². The molecular formula is C19H17Cl3N2O4. The number of amides is 2. The lowest BCUT2D eigenvalue weighted by Gasteiger charge is -2.09. The third-order valence-electron chi connectivity index (χ3n) is 3.51. The number of carbonyl (C=O) groups excluding carboxylic acids is 3. The molecule has 148 valence electrons. The quantitative estimate of drug-likeness (QED) is 0.479. The molecule has 28 heavy (non-hydrogen) atoms. The van der Waals surface area contributed by atoms with Gasteiger partial charge in [-0.1, -0.05) is 65.1 Å². The van der Waals surface area contributed by atoms with Gasteiger partial charge in [-0.25, -0.2) is 0 Å². The minimum absolute atomic E-state index is 0.0542. The van der Waals surface area contributed by atoms with Gasteiger partial charge in [0.25, 0.3) is 5.91 Å². The first-order valence-electron chi connectivity index (χ1n) is 8.26. The summed E-state index contributed by atoms with van der Waals surface area (Å²) >= 11 is 17.6. The number of benzene rings is 2. The summed E-state index contributed by atoms with van der Waals surface area (Å²) in [7, 11) is 0. The van der Waals surface area contributed by atoms with Crippen molar-refractivity contribution in [2.75, 3.05) is 18.5 Å². The van der Waals surface area contributed by atoms with E-state index in [1.165, 1.54) is 12.1 Å². The van der Waals surface area contributed by atoms with Crippen LogP contribution >= 0.6 is 34.8 Å². The highest BCUT2D eigenvalue weighted by molar-refractivity contribution is 6.44. The first-order chi connectivity index (χ1) is 13.3. The van der Waals surface area contributed by atoms with Crippen LogP contribution in [0.5, 0.6) is 0 Å². The molecule has 0 spiro atoms. The predicted molar refractivity (Wildman–Crippen MR) is 109 cm³/mol. The van der Waals surface area contributed by atoms with Gasteiger partial charge in [-0.05, 0) is 17.7 Å². The van der Waals surface area contributed by atoms with E-state index in [1.807, 2.05) is 30.3 Å². The molecule has 2 N–H and O–H groups in total. The standard InChI is InChI=1S/C19H17Cl3N2O4/c20-13-9-15(22)16(10-14(13)21)24-18(26)11-28-19(27)6-7-23-17(25)8-12-4-2-1-3-5-12/h1-5,9-10H,6-8,11H2,(H,23,25)(H,24,26). The fourth-order valence-electron chi connectivity index (χ4n) is 2.17. The van der Waals surface area contributed by atoms with Crippen molar-refractivity contribution in [1.29, 1.82) is 0 Å². The molecule has 6 nitrogen and oxygen atoms in total. The highest BCUT2D eigenvalue weighted by atomic mass is 35.5. The third-order valence-corrected chi connectivity index (χ3v) is 4.54. The molecule has 2 aromatic rings. The normalized spacial score (nSPS) is 10.2. The minimum Gasteiger partial charge on any atom is -0.456 e. The second-order valence-corrected chi connectivity index (χ2v) is 6.94. The average Bonchev–Trinajstić information content (AvgIpc) is 2.65. The topological polar surface area (TPSA) is 84.5 Å². The molecule has 2 rings (SSSR count). The molecule has 2 aromatic carbocycles. The van der Waals surface area contributed by atoms with Crippen molar-refractivity contribution in [2.24, 2.45) is 0 Å². The van der Waals surface area contributed by atoms with Gasteiger partial charge in [0.1, 0.15) is 0 Å². The Morgan fingerprint density at radius 2 is 1.57 bits per heavy atom. The van der Waals surface area contributed by atoms with E-state index < -0.39 is 18.5 Å². The van der Waals surface area contributed by atoms with Gasteiger partial charge in [0, 0.05) is 6.54 Å². The summed E-state index contributed by atoms with van der Waals surface area (Å²) in [4.78, 5) is 35.3. The van der Waals surface area contributed by atoms with E-state index in [0.29, 0.717) is 0 Å². The summed E-state index contributed by atoms with van der Waals surface area (Å²) in [5.74, 6) is -1.40. The number of anilines is 1. The summed E-state index contributed by atoms with van der Waals surface area (Å²) < 4.78 is 4.87. The van der Waals surface area contributed by atoms with Gasteiger partial charge in [-0.15, -0.1) is 0 Å². The van der Waals surface area contributed by atoms with Crippen LogP contribution in [0.3, 0.4) is 0 Å². The van der Waals surface area contributed by atoms with E-state index in [4.69, 9.17) is 39.5 Å². The first-order valence-corrected chi connectivity index (χ1v) is 9.39. The van der Waals surface area contributed by atoms with Crippen molar-refractivity contribution in [3.63, 3.8) is 0 Å². The molecule has 0 unspecified atom stereocenters. The number of nitrogens with one attached hydrogen (secondary N) is 2. The number of esters is 1. The molecule has 0 aliphatic rings. The van der Waals surface area contributed by atoms with Crippen LogP contribution < -0.4 is 10.6 Å². The number of halogens is 3. The Morgan fingerprint density at radius 3 is 2.29 bits per heavy atom. The molecule has 0 bridgehead atoms. The summed E-state index contributed by atoms with van der Waals surface area (Å²) in [6.45, 7) is -0.377. The van der Waals surface area contributed by atoms with E-state index in [-0.39, 0.29) is 46.0 Å².